The van der Waals surface area contributed by atoms with E-state index in [2.05, 4.69) is 16.0 Å². The van der Waals surface area contributed by atoms with Crippen molar-refractivity contribution in [3.8, 4) is 0 Å². The predicted octanol–water partition coefficient (Wildman–Crippen LogP) is -1.28. The first kappa shape index (κ1) is 6.01. The van der Waals surface area contributed by atoms with Gasteiger partial charge in [0.2, 0.25) is 0 Å². The van der Waals surface area contributed by atoms with Gasteiger partial charge in [-0.05, 0) is 7.05 Å². The summed E-state index contributed by atoms with van der Waals surface area (Å²) in [6.07, 6.45) is 0. The van der Waals surface area contributed by atoms with Crippen molar-refractivity contribution in [3.05, 3.63) is 0 Å². The van der Waals surface area contributed by atoms with Crippen LogP contribution in [0.3, 0.4) is 0 Å². The van der Waals surface area contributed by atoms with E-state index in [1.807, 2.05) is 7.05 Å². The molecule has 1 saturated heterocycles. The molecule has 1 rings (SSSR count). The average molecular weight is 115 g/mol. The highest BCUT2D eigenvalue weighted by molar-refractivity contribution is 4.80. The van der Waals surface area contributed by atoms with Crippen molar-refractivity contribution in [1.82, 2.24) is 16.0 Å². The fraction of sp³-hybridized carbons (Fsp3) is 1.00. The first-order chi connectivity index (χ1) is 3.93. The molecule has 0 aromatic carbocycles. The van der Waals surface area contributed by atoms with Crippen LogP contribution >= 0.6 is 0 Å². The van der Waals surface area contributed by atoms with Gasteiger partial charge >= 0.3 is 0 Å². The van der Waals surface area contributed by atoms with Crippen molar-refractivity contribution in [3.63, 3.8) is 0 Å². The summed E-state index contributed by atoms with van der Waals surface area (Å²) in [5.41, 5.74) is 0. The van der Waals surface area contributed by atoms with E-state index in [1.165, 1.54) is 0 Å². The molecule has 0 unspecified atom stereocenters. The van der Waals surface area contributed by atoms with Gasteiger partial charge in [-0.2, -0.15) is 0 Å². The SMILES string of the molecule is CNCNC1CNC1. The number of hydrogen-bond donors (Lipinski definition) is 3. The predicted molar refractivity (Wildman–Crippen MR) is 33.7 cm³/mol. The normalized spacial score (nSPS) is 20.6. The first-order valence-electron chi connectivity index (χ1n) is 3.02. The Morgan fingerprint density at radius 1 is 1.62 bits per heavy atom. The van der Waals surface area contributed by atoms with Gasteiger partial charge in [-0.1, -0.05) is 0 Å². The standard InChI is InChI=1S/C5H13N3/c1-6-4-8-5-2-7-3-5/h5-8H,2-4H2,1H3. The van der Waals surface area contributed by atoms with Crippen LogP contribution in [0.2, 0.25) is 0 Å². The molecule has 0 aromatic rings. The Balaban J connectivity index is 1.86. The zero-order valence-electron chi connectivity index (χ0n) is 5.20. The smallest absolute Gasteiger partial charge is 0.0454 e. The van der Waals surface area contributed by atoms with E-state index in [1.54, 1.807) is 0 Å². The lowest BCUT2D eigenvalue weighted by Gasteiger charge is -2.27. The molecule has 0 aromatic heterocycles. The Kier molecular flexibility index (Phi) is 2.27. The highest BCUT2D eigenvalue weighted by Gasteiger charge is 2.13. The minimum atomic E-state index is 0.711. The molecule has 0 spiro atoms. The van der Waals surface area contributed by atoms with Crippen LogP contribution in [0, 0.1) is 0 Å². The van der Waals surface area contributed by atoms with Gasteiger partial charge < -0.3 is 10.6 Å². The van der Waals surface area contributed by atoms with Gasteiger partial charge in [0, 0.05) is 25.8 Å². The maximum Gasteiger partial charge on any atom is 0.0454 e. The molecule has 1 aliphatic rings. The molecule has 48 valence electrons. The quantitative estimate of drug-likeness (QED) is 0.401. The molecule has 0 atom stereocenters. The van der Waals surface area contributed by atoms with E-state index in [9.17, 15) is 0 Å². The first-order valence-corrected chi connectivity index (χ1v) is 3.02. The molecular formula is C5H13N3. The van der Waals surface area contributed by atoms with Crippen LogP contribution in [-0.4, -0.2) is 32.8 Å². The molecule has 0 amide bonds. The van der Waals surface area contributed by atoms with E-state index in [0.717, 1.165) is 19.8 Å². The van der Waals surface area contributed by atoms with Crippen molar-refractivity contribution in [2.24, 2.45) is 0 Å². The second-order valence-corrected chi connectivity index (χ2v) is 2.09. The fourth-order valence-electron chi connectivity index (χ4n) is 0.679. The van der Waals surface area contributed by atoms with Gasteiger partial charge in [0.05, 0.1) is 0 Å². The topological polar surface area (TPSA) is 36.1 Å². The lowest BCUT2D eigenvalue weighted by atomic mass is 10.2. The molecule has 3 heteroatoms. The van der Waals surface area contributed by atoms with Crippen LogP contribution in [-0.2, 0) is 0 Å². The summed E-state index contributed by atoms with van der Waals surface area (Å²) in [5, 5.41) is 9.50. The van der Waals surface area contributed by atoms with Crippen LogP contribution < -0.4 is 16.0 Å². The molecule has 0 saturated carbocycles. The molecular weight excluding hydrogens is 102 g/mol. The van der Waals surface area contributed by atoms with E-state index >= 15 is 0 Å². The molecule has 1 fully saturated rings. The van der Waals surface area contributed by atoms with Crippen molar-refractivity contribution >= 4 is 0 Å². The maximum atomic E-state index is 3.30. The van der Waals surface area contributed by atoms with Gasteiger partial charge in [-0.15, -0.1) is 0 Å². The molecule has 0 aliphatic carbocycles. The van der Waals surface area contributed by atoms with E-state index in [-0.39, 0.29) is 0 Å². The Morgan fingerprint density at radius 2 is 2.38 bits per heavy atom. The lowest BCUT2D eigenvalue weighted by molar-refractivity contribution is 0.361. The fourth-order valence-corrected chi connectivity index (χ4v) is 0.679. The number of hydrogen-bond acceptors (Lipinski definition) is 3. The van der Waals surface area contributed by atoms with Crippen LogP contribution in [0.15, 0.2) is 0 Å². The number of nitrogens with one attached hydrogen (secondary N) is 3. The summed E-state index contributed by atoms with van der Waals surface area (Å²) in [6, 6.07) is 0.711. The van der Waals surface area contributed by atoms with Gasteiger partial charge in [0.1, 0.15) is 0 Å². The van der Waals surface area contributed by atoms with Gasteiger partial charge in [-0.25, -0.2) is 0 Å². The van der Waals surface area contributed by atoms with E-state index in [4.69, 9.17) is 0 Å². The maximum absolute atomic E-state index is 3.30. The molecule has 8 heavy (non-hydrogen) atoms. The molecule has 1 aliphatic heterocycles. The Labute approximate surface area is 49.8 Å². The van der Waals surface area contributed by atoms with Crippen molar-refractivity contribution in [2.75, 3.05) is 26.8 Å². The molecule has 0 radical (unpaired) electrons. The van der Waals surface area contributed by atoms with Gasteiger partial charge in [0.25, 0.3) is 0 Å². The number of rotatable bonds is 3. The minimum absolute atomic E-state index is 0.711. The van der Waals surface area contributed by atoms with Crippen molar-refractivity contribution in [1.29, 1.82) is 0 Å². The largest absolute Gasteiger partial charge is 0.314 e. The third kappa shape index (κ3) is 1.43. The zero-order chi connectivity index (χ0) is 5.82. The Bertz CT molecular complexity index is 60.7. The third-order valence-corrected chi connectivity index (χ3v) is 1.35. The highest BCUT2D eigenvalue weighted by atomic mass is 15.1. The summed E-state index contributed by atoms with van der Waals surface area (Å²) in [6.45, 7) is 3.18. The molecule has 1 heterocycles. The molecule has 0 bridgehead atoms. The highest BCUT2D eigenvalue weighted by Crippen LogP contribution is 1.87. The summed E-state index contributed by atoms with van der Waals surface area (Å²) >= 11 is 0. The summed E-state index contributed by atoms with van der Waals surface area (Å²) < 4.78 is 0. The monoisotopic (exact) mass is 115 g/mol. The van der Waals surface area contributed by atoms with Crippen LogP contribution in [0.1, 0.15) is 0 Å². The van der Waals surface area contributed by atoms with Crippen molar-refractivity contribution in [2.45, 2.75) is 6.04 Å². The van der Waals surface area contributed by atoms with Gasteiger partial charge in [0.15, 0.2) is 0 Å². The van der Waals surface area contributed by atoms with Crippen LogP contribution in [0.25, 0.3) is 0 Å². The van der Waals surface area contributed by atoms with Crippen LogP contribution in [0.4, 0.5) is 0 Å². The zero-order valence-corrected chi connectivity index (χ0v) is 5.20. The van der Waals surface area contributed by atoms with Crippen molar-refractivity contribution < 1.29 is 0 Å². The van der Waals surface area contributed by atoms with Gasteiger partial charge in [-0.3, -0.25) is 5.32 Å². The van der Waals surface area contributed by atoms with E-state index < -0.39 is 0 Å². The third-order valence-electron chi connectivity index (χ3n) is 1.35. The minimum Gasteiger partial charge on any atom is -0.314 e. The molecule has 3 N–H and O–H groups in total. The van der Waals surface area contributed by atoms with Crippen LogP contribution in [0.5, 0.6) is 0 Å². The summed E-state index contributed by atoms with van der Waals surface area (Å²) in [5.74, 6) is 0. The second-order valence-electron chi connectivity index (χ2n) is 2.09. The average Bonchev–Trinajstić information content (AvgIpc) is 1.63. The second kappa shape index (κ2) is 3.02. The Morgan fingerprint density at radius 3 is 2.75 bits per heavy atom. The van der Waals surface area contributed by atoms with E-state index in [0.29, 0.717) is 6.04 Å². The molecule has 3 nitrogen and oxygen atoms in total. The lowest BCUT2D eigenvalue weighted by Crippen LogP contribution is -2.56. The summed E-state index contributed by atoms with van der Waals surface area (Å²) in [4.78, 5) is 0. The Hall–Kier alpha value is -0.120. The summed E-state index contributed by atoms with van der Waals surface area (Å²) in [7, 11) is 1.94.